The van der Waals surface area contributed by atoms with Crippen molar-refractivity contribution in [1.29, 1.82) is 0 Å². The third-order valence-electron chi connectivity index (χ3n) is 8.71. The molecular formula is C32H34BrN5O5. The third-order valence-corrected chi connectivity index (χ3v) is 9.18. The van der Waals surface area contributed by atoms with Crippen molar-refractivity contribution in [3.8, 4) is 11.8 Å². The first kappa shape index (κ1) is 29.6. The summed E-state index contributed by atoms with van der Waals surface area (Å²) in [5.74, 6) is 4.73. The summed E-state index contributed by atoms with van der Waals surface area (Å²) >= 11 is 3.39. The van der Waals surface area contributed by atoms with Gasteiger partial charge < -0.3 is 9.64 Å². The number of nitrogens with one attached hydrogen (secondary N) is 1. The van der Waals surface area contributed by atoms with Gasteiger partial charge in [0.05, 0.1) is 23.8 Å². The van der Waals surface area contributed by atoms with Crippen LogP contribution in [0.3, 0.4) is 0 Å². The molecule has 3 aliphatic heterocycles. The van der Waals surface area contributed by atoms with Crippen molar-refractivity contribution in [1.82, 2.24) is 25.0 Å². The highest BCUT2D eigenvalue weighted by Gasteiger charge is 2.45. The van der Waals surface area contributed by atoms with Gasteiger partial charge >= 0.3 is 0 Å². The second-order valence-electron chi connectivity index (χ2n) is 11.5. The number of aromatic nitrogens is 1. The van der Waals surface area contributed by atoms with Gasteiger partial charge in [0.15, 0.2) is 0 Å². The van der Waals surface area contributed by atoms with E-state index < -0.39 is 23.8 Å². The summed E-state index contributed by atoms with van der Waals surface area (Å²) in [5, 5.41) is 2.23. The Labute approximate surface area is 259 Å². The minimum atomic E-state index is -0.945. The van der Waals surface area contributed by atoms with Gasteiger partial charge in [-0.05, 0) is 83.3 Å². The van der Waals surface area contributed by atoms with Crippen LogP contribution in [0.1, 0.15) is 70.0 Å². The number of pyridine rings is 1. The number of hydrogen-bond acceptors (Lipinski definition) is 8. The van der Waals surface area contributed by atoms with Gasteiger partial charge in [-0.2, -0.15) is 0 Å². The van der Waals surface area contributed by atoms with E-state index in [9.17, 15) is 19.2 Å². The molecule has 2 aromatic rings. The Morgan fingerprint density at radius 1 is 0.977 bits per heavy atom. The molecule has 2 saturated heterocycles. The molecule has 6 rings (SSSR count). The van der Waals surface area contributed by atoms with E-state index in [0.717, 1.165) is 85.8 Å². The van der Waals surface area contributed by atoms with Gasteiger partial charge in [0.1, 0.15) is 11.7 Å². The fourth-order valence-corrected chi connectivity index (χ4v) is 6.35. The molecule has 1 aromatic carbocycles. The highest BCUT2D eigenvalue weighted by Crippen LogP contribution is 2.40. The number of fused-ring (bicyclic) bond motifs is 1. The van der Waals surface area contributed by atoms with Crippen LogP contribution in [-0.2, 0) is 14.3 Å². The second-order valence-corrected chi connectivity index (χ2v) is 12.5. The van der Waals surface area contributed by atoms with E-state index in [2.05, 4.69) is 47.9 Å². The number of nitrogens with zero attached hydrogens (tertiary/aromatic N) is 4. The Kier molecular flexibility index (Phi) is 9.00. The maximum atomic E-state index is 13.1. The molecular weight excluding hydrogens is 614 g/mol. The number of hydrogen-bond donors (Lipinski definition) is 1. The SMILES string of the molecule is O=C1CCC(N2C(=O)c3ccc(C4CC(OCCCN5CCN(CC#Cc6ccc(Br)cn6)CC5)C4)cc3C2=O)C(=O)N1. The summed E-state index contributed by atoms with van der Waals surface area (Å²) in [7, 11) is 0. The largest absolute Gasteiger partial charge is 0.378 e. The van der Waals surface area contributed by atoms with Gasteiger partial charge in [-0.1, -0.05) is 12.0 Å². The van der Waals surface area contributed by atoms with Crippen molar-refractivity contribution < 1.29 is 23.9 Å². The van der Waals surface area contributed by atoms with E-state index in [0.29, 0.717) is 11.1 Å². The Hall–Kier alpha value is -3.43. The van der Waals surface area contributed by atoms with Crippen LogP contribution < -0.4 is 5.32 Å². The Morgan fingerprint density at radius 2 is 1.74 bits per heavy atom. The summed E-state index contributed by atoms with van der Waals surface area (Å²) in [6.45, 7) is 6.57. The summed E-state index contributed by atoms with van der Waals surface area (Å²) in [4.78, 5) is 60.0. The average Bonchev–Trinajstić information content (AvgIpc) is 3.22. The molecule has 10 nitrogen and oxygen atoms in total. The van der Waals surface area contributed by atoms with Crippen molar-refractivity contribution in [2.24, 2.45) is 0 Å². The maximum Gasteiger partial charge on any atom is 0.262 e. The molecule has 1 saturated carbocycles. The lowest BCUT2D eigenvalue weighted by molar-refractivity contribution is -0.136. The fraction of sp³-hybridized carbons (Fsp3) is 0.469. The number of benzene rings is 1. The molecule has 0 radical (unpaired) electrons. The zero-order valence-electron chi connectivity index (χ0n) is 23.9. The van der Waals surface area contributed by atoms with Crippen molar-refractivity contribution in [2.75, 3.05) is 45.9 Å². The van der Waals surface area contributed by atoms with Gasteiger partial charge in [0, 0.05) is 56.4 Å². The van der Waals surface area contributed by atoms with Gasteiger partial charge in [-0.25, -0.2) is 4.98 Å². The Bertz CT molecular complexity index is 1470. The van der Waals surface area contributed by atoms with Crippen molar-refractivity contribution in [2.45, 2.75) is 50.2 Å². The predicted molar refractivity (Wildman–Crippen MR) is 161 cm³/mol. The number of piperidine rings is 1. The van der Waals surface area contributed by atoms with E-state index in [1.807, 2.05) is 18.2 Å². The summed E-state index contributed by atoms with van der Waals surface area (Å²) in [5.41, 5.74) is 2.46. The number of amides is 4. The van der Waals surface area contributed by atoms with Crippen molar-refractivity contribution in [3.05, 3.63) is 63.4 Å². The molecule has 224 valence electrons. The normalized spacial score (nSPS) is 24.3. The van der Waals surface area contributed by atoms with E-state index in [4.69, 9.17) is 4.74 Å². The van der Waals surface area contributed by atoms with Crippen LogP contribution in [0.5, 0.6) is 0 Å². The lowest BCUT2D eigenvalue weighted by Gasteiger charge is -2.36. The molecule has 11 heteroatoms. The molecule has 4 amide bonds. The summed E-state index contributed by atoms with van der Waals surface area (Å²) in [6, 6.07) is 8.31. The van der Waals surface area contributed by atoms with Crippen molar-refractivity contribution >= 4 is 39.6 Å². The lowest BCUT2D eigenvalue weighted by atomic mass is 9.77. The molecule has 1 unspecified atom stereocenters. The standard InChI is InChI=1S/C32H34BrN5O5/c33-23-5-6-24(34-20-23)3-1-10-36-12-14-37(15-13-36)11-2-16-43-25-17-22(18-25)21-4-7-26-27(19-21)32(42)38(31(26)41)28-8-9-29(39)35-30(28)40/h4-7,19-20,22,25,28H,2,8-18H2,(H,35,39,40). The molecule has 1 aliphatic carbocycles. The smallest absolute Gasteiger partial charge is 0.262 e. The van der Waals surface area contributed by atoms with E-state index in [1.165, 1.54) is 0 Å². The fourth-order valence-electron chi connectivity index (χ4n) is 6.12. The molecule has 0 bridgehead atoms. The third kappa shape index (κ3) is 6.73. The van der Waals surface area contributed by atoms with Gasteiger partial charge in [-0.3, -0.25) is 34.3 Å². The van der Waals surface area contributed by atoms with Crippen LogP contribution in [0.2, 0.25) is 0 Å². The molecule has 1 atom stereocenters. The minimum Gasteiger partial charge on any atom is -0.378 e. The highest BCUT2D eigenvalue weighted by molar-refractivity contribution is 9.10. The van der Waals surface area contributed by atoms with Gasteiger partial charge in [0.2, 0.25) is 11.8 Å². The van der Waals surface area contributed by atoms with Crippen LogP contribution in [0, 0.1) is 11.8 Å². The molecule has 1 aromatic heterocycles. The van der Waals surface area contributed by atoms with Crippen LogP contribution in [0.15, 0.2) is 41.0 Å². The number of carbonyl (C=O) groups excluding carboxylic acids is 4. The number of piperazine rings is 1. The number of ether oxygens (including phenoxy) is 1. The zero-order chi connectivity index (χ0) is 29.9. The van der Waals surface area contributed by atoms with Crippen LogP contribution in [0.25, 0.3) is 0 Å². The summed E-state index contributed by atoms with van der Waals surface area (Å²) in [6.07, 6.45) is 4.98. The molecule has 4 aliphatic rings. The van der Waals surface area contributed by atoms with Crippen molar-refractivity contribution in [3.63, 3.8) is 0 Å². The first-order chi connectivity index (χ1) is 20.9. The summed E-state index contributed by atoms with van der Waals surface area (Å²) < 4.78 is 7.08. The first-order valence-electron chi connectivity index (χ1n) is 14.9. The lowest BCUT2D eigenvalue weighted by Crippen LogP contribution is -2.54. The van der Waals surface area contributed by atoms with E-state index in [1.54, 1.807) is 18.3 Å². The van der Waals surface area contributed by atoms with Crippen LogP contribution in [-0.4, -0.2) is 101 Å². The maximum absolute atomic E-state index is 13.1. The van der Waals surface area contributed by atoms with Crippen LogP contribution >= 0.6 is 15.9 Å². The molecule has 4 heterocycles. The highest BCUT2D eigenvalue weighted by atomic mass is 79.9. The number of imide groups is 2. The quantitative estimate of drug-likeness (QED) is 0.264. The second kappa shape index (κ2) is 13.1. The van der Waals surface area contributed by atoms with Gasteiger partial charge in [0.25, 0.3) is 11.8 Å². The molecule has 1 N–H and O–H groups in total. The Morgan fingerprint density at radius 3 is 2.49 bits per heavy atom. The molecule has 3 fully saturated rings. The number of rotatable bonds is 8. The topological polar surface area (TPSA) is 112 Å². The Balaban J connectivity index is 0.889. The number of halogens is 1. The average molecular weight is 649 g/mol. The molecule has 0 spiro atoms. The van der Waals surface area contributed by atoms with E-state index in [-0.39, 0.29) is 30.8 Å². The predicted octanol–water partition coefficient (Wildman–Crippen LogP) is 2.57. The van der Waals surface area contributed by atoms with E-state index >= 15 is 0 Å². The van der Waals surface area contributed by atoms with Gasteiger partial charge in [-0.15, -0.1) is 0 Å². The first-order valence-corrected chi connectivity index (χ1v) is 15.7. The monoisotopic (exact) mass is 647 g/mol. The zero-order valence-corrected chi connectivity index (χ0v) is 25.5. The minimum absolute atomic E-state index is 0.109. The van der Waals surface area contributed by atoms with Crippen LogP contribution in [0.4, 0.5) is 0 Å². The molecule has 43 heavy (non-hydrogen) atoms. The number of carbonyl (C=O) groups is 4.